The maximum Gasteiger partial charge on any atom is 0.213 e. The minimum Gasteiger partial charge on any atom is -0.346 e. The van der Waals surface area contributed by atoms with Crippen molar-refractivity contribution in [3.63, 3.8) is 0 Å². The van der Waals surface area contributed by atoms with Crippen LogP contribution in [0.5, 0.6) is 0 Å². The Hall–Kier alpha value is -13.1. The van der Waals surface area contributed by atoms with Crippen molar-refractivity contribution in [3.05, 3.63) is 169 Å². The van der Waals surface area contributed by atoms with E-state index < -0.39 is 83.6 Å². The summed E-state index contributed by atoms with van der Waals surface area (Å²) in [6, 6.07) is 20.1. The van der Waals surface area contributed by atoms with E-state index in [0.29, 0.717) is 44.1 Å². The zero-order valence-electron chi connectivity index (χ0n) is 73.8. The second-order valence-electron chi connectivity index (χ2n) is 33.4. The normalized spacial score (nSPS) is 16.9. The Morgan fingerprint density at radius 1 is 0.363 bits per heavy atom. The van der Waals surface area contributed by atoms with E-state index in [1.807, 2.05) is 69.1 Å². The molecule has 0 amide bonds. The highest BCUT2D eigenvalue weighted by molar-refractivity contribution is 7.90. The van der Waals surface area contributed by atoms with Crippen molar-refractivity contribution < 1.29 is 46.5 Å². The van der Waals surface area contributed by atoms with Crippen LogP contribution in [0.2, 0.25) is 10.2 Å². The van der Waals surface area contributed by atoms with Gasteiger partial charge in [0.15, 0.2) is 5.15 Å². The smallest absolute Gasteiger partial charge is 0.213 e. The van der Waals surface area contributed by atoms with Crippen molar-refractivity contribution in [2.24, 2.45) is 0 Å². The van der Waals surface area contributed by atoms with Gasteiger partial charge in [0, 0.05) is 206 Å². The minimum atomic E-state index is -3.32. The van der Waals surface area contributed by atoms with Crippen LogP contribution in [0.3, 0.4) is 0 Å². The van der Waals surface area contributed by atoms with E-state index in [0.717, 1.165) is 89.5 Å². The monoisotopic (exact) mass is 1970 g/mol. The van der Waals surface area contributed by atoms with Crippen molar-refractivity contribution in [1.29, 1.82) is 26.3 Å². The number of fused-ring (bicyclic) bond motifs is 5. The summed E-state index contributed by atoms with van der Waals surface area (Å²) in [5.74, 6) is -0.300. The summed E-state index contributed by atoms with van der Waals surface area (Å²) in [6.45, 7) is 14.2. The van der Waals surface area contributed by atoms with E-state index in [2.05, 4.69) is 116 Å². The molecule has 15 aromatic rings. The largest absolute Gasteiger partial charge is 0.346 e. The molecule has 15 aromatic heterocycles. The first-order valence-electron chi connectivity index (χ1n) is 42.5. The number of aromatic amines is 5. The number of hydrogen-bond acceptors (Lipinski definition) is 27. The van der Waals surface area contributed by atoms with E-state index in [9.17, 15) is 72.8 Å². The molecule has 0 atom stereocenters. The number of halogens is 3. The Morgan fingerprint density at radius 2 is 0.659 bits per heavy atom. The number of sulfonamides is 5. The number of nitriles is 5. The molecule has 135 heavy (non-hydrogen) atoms. The van der Waals surface area contributed by atoms with Crippen molar-refractivity contribution in [3.8, 4) is 86.2 Å². The lowest BCUT2D eigenvalue weighted by molar-refractivity contribution is 0.0716. The van der Waals surface area contributed by atoms with Crippen LogP contribution in [0.4, 0.5) is 4.39 Å². The number of nitrogens with one attached hydrogen (secondary N) is 5. The Kier molecular flexibility index (Phi) is 26.0. The number of pyridine rings is 3. The van der Waals surface area contributed by atoms with Crippen LogP contribution in [-0.2, 0) is 77.8 Å². The molecule has 20 heterocycles. The Balaban J connectivity index is 0.000000123. The molecular weight excluding hydrogens is 1880 g/mol. The summed E-state index contributed by atoms with van der Waals surface area (Å²) >= 11 is 12.7. The van der Waals surface area contributed by atoms with Gasteiger partial charge >= 0.3 is 0 Å². The Morgan fingerprint density at radius 3 is 1.03 bits per heavy atom. The molecule has 0 radical (unpaired) electrons. The Labute approximate surface area is 784 Å². The van der Waals surface area contributed by atoms with Gasteiger partial charge in [-0.1, -0.05) is 23.2 Å². The molecule has 0 aliphatic carbocycles. The third kappa shape index (κ3) is 17.6. The molecular formula is C85H89Cl2FN32O10S5. The molecule has 5 aliphatic heterocycles. The van der Waals surface area contributed by atoms with Crippen molar-refractivity contribution in [2.75, 3.05) is 94.2 Å². The number of aromatic nitrogens is 22. The molecule has 5 saturated heterocycles. The van der Waals surface area contributed by atoms with Crippen LogP contribution < -0.4 is 0 Å². The van der Waals surface area contributed by atoms with Crippen LogP contribution in [0.15, 0.2) is 142 Å². The molecule has 0 unspecified atom stereocenters. The average Bonchev–Trinajstić information content (AvgIpc) is 1.73. The SMILES string of the molecule is CCS(=O)(=O)N1CC(CC#N)(n2cc(-c3c(C)cnc4[nH]ccc34)cn2)C1.CCS(=O)(=O)N1CC(CC#N)(n2cc(-c3c(Cl)cnc4[nH]ccc34)cn2)C1.CCS(=O)(=O)N1CC(CC#N)(n2cc(-c3c(F)cnc4[nH]ccc34)cn2)C1.CCS(=O)(=O)N1CC(CC#N)(n2cc(-c3ncnc4[nH]ccc34)c(C)n2)C1.CCS(=O)(=O)N1CC(CC#N)(n2cc(-c3ncnc4[nH]ccc34)c(Cl)n2)C1. The van der Waals surface area contributed by atoms with Gasteiger partial charge in [0.05, 0.1) is 144 Å². The standard InChI is InChI=1S/C18H20N6O2S.C17H17ClN6O2S.C17H17FN6O2S.C17H19N7O2S.C16H16ClN7O2S/c1-3-27(25,26)23-11-18(12-23,5-6-19)24-10-14(9-22-24)16-13(2)8-21-17-15(16)4-7-20-17;2*1-2-27(25,26)23-10-17(11-23,4-5-19)24-9-12(7-22-24)15-13-3-6-20-16(13)21-8-14(15)18;1-3-27(25,26)23-9-17(10-23,5-6-18)24-8-14(12(2)22-24)15-13-4-7-19-16(13)21-11-20-15;1-2-27(25,26)23-8-16(9-23,4-5-18)24-7-12(14(17)22-24)13-11-3-6-19-15(11)21-10-20-13/h4,7-10H,3,5,11-12H2,1-2H3,(H,20,21);2*3,6-9H,2,4,10-11H2,1H3,(H,20,21);4,7-8,11H,3,5,9-10H2,1-2H3,(H,19,20,21);3,6-7,10H,2,4,8-9H2,1H3,(H,19,20,21). The maximum atomic E-state index is 14.4. The zero-order chi connectivity index (χ0) is 96.2. The van der Waals surface area contributed by atoms with Crippen LogP contribution in [0.25, 0.3) is 111 Å². The topological polar surface area (TPSA) is 564 Å². The minimum absolute atomic E-state index is 0.00763. The second kappa shape index (κ2) is 36.9. The van der Waals surface area contributed by atoms with Crippen LogP contribution in [0.1, 0.15) is 78.0 Å². The summed E-state index contributed by atoms with van der Waals surface area (Å²) in [4.78, 5) is 44.9. The van der Waals surface area contributed by atoms with E-state index >= 15 is 0 Å². The fraction of sp³-hybridized carbons (Fsp3) is 0.376. The van der Waals surface area contributed by atoms with Crippen molar-refractivity contribution >= 4 is 128 Å². The second-order valence-corrected chi connectivity index (χ2v) is 45.5. The molecule has 0 saturated carbocycles. The predicted molar refractivity (Wildman–Crippen MR) is 498 cm³/mol. The summed E-state index contributed by atoms with van der Waals surface area (Å²) in [5, 5.41) is 73.5. The van der Waals surface area contributed by atoms with Gasteiger partial charge in [-0.25, -0.2) is 81.4 Å². The van der Waals surface area contributed by atoms with Gasteiger partial charge in [-0.2, -0.15) is 73.3 Å². The van der Waals surface area contributed by atoms with E-state index in [-0.39, 0.29) is 131 Å². The molecule has 42 nitrogen and oxygen atoms in total. The fourth-order valence-electron chi connectivity index (χ4n) is 17.4. The van der Waals surface area contributed by atoms with Gasteiger partial charge in [-0.05, 0) is 84.4 Å². The highest BCUT2D eigenvalue weighted by Crippen LogP contribution is 2.45. The number of aryl methyl sites for hydroxylation is 2. The number of rotatable bonds is 25. The van der Waals surface area contributed by atoms with E-state index in [4.69, 9.17) is 23.2 Å². The van der Waals surface area contributed by atoms with Gasteiger partial charge in [-0.15, -0.1) is 0 Å². The third-order valence-corrected chi connectivity index (χ3v) is 34.7. The maximum absolute atomic E-state index is 14.4. The molecule has 0 bridgehead atoms. The zero-order valence-corrected chi connectivity index (χ0v) is 79.3. The van der Waals surface area contributed by atoms with Crippen molar-refractivity contribution in [1.82, 2.24) is 130 Å². The predicted octanol–water partition coefficient (Wildman–Crippen LogP) is 9.36. The van der Waals surface area contributed by atoms with Gasteiger partial charge < -0.3 is 24.9 Å². The Bertz CT molecular complexity index is 7280. The van der Waals surface area contributed by atoms with Gasteiger partial charge in [-0.3, -0.25) is 23.4 Å². The van der Waals surface area contributed by atoms with Gasteiger partial charge in [0.25, 0.3) is 0 Å². The average molecular weight is 1970 g/mol. The molecule has 5 aliphatic rings. The lowest BCUT2D eigenvalue weighted by Gasteiger charge is -2.47. The molecule has 50 heteroatoms. The van der Waals surface area contributed by atoms with E-state index in [1.165, 1.54) is 40.4 Å². The summed E-state index contributed by atoms with van der Waals surface area (Å²) in [6.07, 6.45) is 31.1. The number of H-pyrrole nitrogens is 5. The lowest BCUT2D eigenvalue weighted by Crippen LogP contribution is -2.64. The third-order valence-electron chi connectivity index (χ3n) is 25.2. The molecule has 20 rings (SSSR count). The quantitative estimate of drug-likeness (QED) is 0.0355. The van der Waals surface area contributed by atoms with Crippen molar-refractivity contribution in [2.45, 2.75) is 108 Å². The summed E-state index contributed by atoms with van der Waals surface area (Å²) in [5.41, 5.74) is 9.23. The van der Waals surface area contributed by atoms with Gasteiger partial charge in [0.1, 0.15) is 74.4 Å². The lowest BCUT2D eigenvalue weighted by atomic mass is 9.89. The van der Waals surface area contributed by atoms with E-state index in [1.54, 1.807) is 120 Å². The number of nitrogens with zero attached hydrogens (tertiary/aromatic N) is 27. The summed E-state index contributed by atoms with van der Waals surface area (Å²) in [7, 11) is -16.5. The first-order chi connectivity index (χ1) is 64.5. The first-order valence-corrected chi connectivity index (χ1v) is 51.3. The number of hydrogen-bond donors (Lipinski definition) is 5. The molecule has 5 fully saturated rings. The van der Waals surface area contributed by atoms with Gasteiger partial charge in [0.2, 0.25) is 50.1 Å². The molecule has 0 aromatic carbocycles. The molecule has 0 spiro atoms. The highest BCUT2D eigenvalue weighted by Gasteiger charge is 2.55. The fourth-order valence-corrected chi connectivity index (χ4v) is 24.1. The highest BCUT2D eigenvalue weighted by atomic mass is 35.5. The summed E-state index contributed by atoms with van der Waals surface area (Å²) < 4.78 is 151. The van der Waals surface area contributed by atoms with Crippen LogP contribution in [0, 0.1) is 76.3 Å². The molecule has 700 valence electrons. The molecule has 5 N–H and O–H groups in total. The first kappa shape index (κ1) is 95.0. The van der Waals surface area contributed by atoms with Crippen LogP contribution >= 0.6 is 23.2 Å². The van der Waals surface area contributed by atoms with Crippen LogP contribution in [-0.4, -0.2) is 267 Å².